The minimum absolute atomic E-state index is 0.0213. The van der Waals surface area contributed by atoms with E-state index < -0.39 is 35.5 Å². The van der Waals surface area contributed by atoms with Crippen LogP contribution in [0, 0.1) is 11.6 Å². The first-order valence-electron chi connectivity index (χ1n) is 9.38. The van der Waals surface area contributed by atoms with E-state index in [9.17, 15) is 23.2 Å². The van der Waals surface area contributed by atoms with Crippen LogP contribution in [0.4, 0.5) is 14.5 Å². The van der Waals surface area contributed by atoms with Gasteiger partial charge in [0.25, 0.3) is 5.91 Å². The maximum Gasteiger partial charge on any atom is 0.365 e. The van der Waals surface area contributed by atoms with Crippen LogP contribution in [-0.4, -0.2) is 44.0 Å². The number of carbonyl (C=O) groups excluding carboxylic acids is 3. The van der Waals surface area contributed by atoms with Crippen LogP contribution in [-0.2, 0) is 32.1 Å². The number of methoxy groups -OCH3 is 1. The molecule has 3 rings (SSSR count). The molecule has 0 saturated heterocycles. The van der Waals surface area contributed by atoms with Crippen LogP contribution in [0.5, 0.6) is 0 Å². The van der Waals surface area contributed by atoms with Gasteiger partial charge in [-0.1, -0.05) is 24.3 Å². The average molecular weight is 418 g/mol. The lowest BCUT2D eigenvalue weighted by Crippen LogP contribution is -3.17. The number of fused-ring (bicyclic) bond motifs is 1. The number of quaternary nitrogens is 1. The number of carbonyl (C=O) groups is 3. The van der Waals surface area contributed by atoms with Gasteiger partial charge in [0.15, 0.2) is 24.2 Å². The van der Waals surface area contributed by atoms with Crippen LogP contribution in [0.1, 0.15) is 11.1 Å². The van der Waals surface area contributed by atoms with Crippen molar-refractivity contribution in [3.8, 4) is 0 Å². The monoisotopic (exact) mass is 418 g/mol. The van der Waals surface area contributed by atoms with Crippen LogP contribution in [0.25, 0.3) is 0 Å². The largest absolute Gasteiger partial charge is 0.465 e. The van der Waals surface area contributed by atoms with E-state index in [-0.39, 0.29) is 18.8 Å². The zero-order valence-corrected chi connectivity index (χ0v) is 16.3. The molecule has 0 bridgehead atoms. The first kappa shape index (κ1) is 21.4. The molecule has 158 valence electrons. The van der Waals surface area contributed by atoms with Gasteiger partial charge in [-0.2, -0.15) is 0 Å². The van der Waals surface area contributed by atoms with Gasteiger partial charge in [0.2, 0.25) is 5.91 Å². The summed E-state index contributed by atoms with van der Waals surface area (Å²) in [7, 11) is 1.31. The predicted molar refractivity (Wildman–Crippen MR) is 103 cm³/mol. The highest BCUT2D eigenvalue weighted by atomic mass is 19.2. The summed E-state index contributed by atoms with van der Waals surface area (Å²) in [6.07, 6.45) is 0.460. The van der Waals surface area contributed by atoms with Gasteiger partial charge in [-0.3, -0.25) is 9.59 Å². The molecule has 0 fully saturated rings. The van der Waals surface area contributed by atoms with E-state index in [1.54, 1.807) is 0 Å². The second-order valence-corrected chi connectivity index (χ2v) is 7.01. The van der Waals surface area contributed by atoms with Crippen molar-refractivity contribution in [2.45, 2.75) is 19.0 Å². The lowest BCUT2D eigenvalue weighted by molar-refractivity contribution is -0.924. The molecular formula is C21H22F2N3O4+. The normalized spacial score (nSPS) is 17.6. The van der Waals surface area contributed by atoms with Gasteiger partial charge in [0.05, 0.1) is 13.7 Å². The summed E-state index contributed by atoms with van der Waals surface area (Å²) in [4.78, 5) is 37.2. The van der Waals surface area contributed by atoms with Crippen molar-refractivity contribution < 1.29 is 32.8 Å². The van der Waals surface area contributed by atoms with Gasteiger partial charge in [-0.05, 0) is 17.7 Å². The number of halogens is 2. The molecule has 0 aliphatic carbocycles. The fourth-order valence-corrected chi connectivity index (χ4v) is 3.47. The Balaban J connectivity index is 1.56. The molecule has 2 aromatic carbocycles. The van der Waals surface area contributed by atoms with Gasteiger partial charge in [-0.15, -0.1) is 0 Å². The van der Waals surface area contributed by atoms with E-state index in [1.807, 2.05) is 24.3 Å². The number of hydrogen-bond donors (Lipinski definition) is 3. The van der Waals surface area contributed by atoms with Crippen LogP contribution in [0.15, 0.2) is 42.5 Å². The van der Waals surface area contributed by atoms with Crippen molar-refractivity contribution in [1.82, 2.24) is 5.32 Å². The van der Waals surface area contributed by atoms with E-state index >= 15 is 0 Å². The molecule has 1 heterocycles. The molecule has 2 atom stereocenters. The third-order valence-corrected chi connectivity index (χ3v) is 4.98. The molecule has 0 aromatic heterocycles. The van der Waals surface area contributed by atoms with Crippen molar-refractivity contribution in [3.05, 3.63) is 65.2 Å². The Morgan fingerprint density at radius 1 is 1.07 bits per heavy atom. The summed E-state index contributed by atoms with van der Waals surface area (Å²) in [6, 6.07) is 10.1. The summed E-state index contributed by atoms with van der Waals surface area (Å²) in [5.41, 5.74) is 2.18. The Morgan fingerprint density at radius 3 is 2.50 bits per heavy atom. The number of nitrogens with one attached hydrogen (secondary N) is 3. The summed E-state index contributed by atoms with van der Waals surface area (Å²) < 4.78 is 31.0. The zero-order chi connectivity index (χ0) is 21.7. The highest BCUT2D eigenvalue weighted by molar-refractivity contribution is 5.94. The Hall–Kier alpha value is -3.33. The Kier molecular flexibility index (Phi) is 6.73. The molecule has 0 saturated carbocycles. The van der Waals surface area contributed by atoms with Crippen LogP contribution in [0.3, 0.4) is 0 Å². The zero-order valence-electron chi connectivity index (χ0n) is 16.3. The predicted octanol–water partition coefficient (Wildman–Crippen LogP) is 0.202. The second-order valence-electron chi connectivity index (χ2n) is 7.01. The minimum Gasteiger partial charge on any atom is -0.465 e. The summed E-state index contributed by atoms with van der Waals surface area (Å²) in [5, 5.41) is 4.86. The lowest BCUT2D eigenvalue weighted by atomic mass is 9.94. The Morgan fingerprint density at radius 2 is 1.80 bits per heavy atom. The van der Waals surface area contributed by atoms with Crippen molar-refractivity contribution in [2.24, 2.45) is 0 Å². The van der Waals surface area contributed by atoms with Crippen molar-refractivity contribution in [1.29, 1.82) is 0 Å². The molecule has 9 heteroatoms. The van der Waals surface area contributed by atoms with E-state index in [1.165, 1.54) is 13.2 Å². The molecule has 1 aliphatic heterocycles. The molecule has 1 unspecified atom stereocenters. The van der Waals surface area contributed by atoms with Crippen LogP contribution >= 0.6 is 0 Å². The van der Waals surface area contributed by atoms with Gasteiger partial charge in [-0.25, -0.2) is 13.6 Å². The van der Waals surface area contributed by atoms with Gasteiger partial charge < -0.3 is 20.3 Å². The smallest absolute Gasteiger partial charge is 0.365 e. The van der Waals surface area contributed by atoms with E-state index in [4.69, 9.17) is 4.74 Å². The minimum atomic E-state index is -1.08. The van der Waals surface area contributed by atoms with E-state index in [0.717, 1.165) is 28.2 Å². The molecule has 0 radical (unpaired) electrons. The quantitative estimate of drug-likeness (QED) is 0.585. The average Bonchev–Trinajstić information content (AvgIpc) is 2.74. The Labute approximate surface area is 172 Å². The molecule has 3 N–H and O–H groups in total. The molecule has 30 heavy (non-hydrogen) atoms. The van der Waals surface area contributed by atoms with Crippen molar-refractivity contribution >= 4 is 23.5 Å². The van der Waals surface area contributed by atoms with E-state index in [0.29, 0.717) is 13.0 Å². The molecule has 2 aromatic rings. The van der Waals surface area contributed by atoms with Gasteiger partial charge >= 0.3 is 5.97 Å². The number of esters is 1. The van der Waals surface area contributed by atoms with Crippen molar-refractivity contribution in [2.75, 3.05) is 25.5 Å². The molecule has 7 nitrogen and oxygen atoms in total. The van der Waals surface area contributed by atoms with Crippen LogP contribution < -0.4 is 15.5 Å². The number of ether oxygens (including phenoxy) is 1. The summed E-state index contributed by atoms with van der Waals surface area (Å²) >= 11 is 0. The lowest BCUT2D eigenvalue weighted by Gasteiger charge is -2.31. The topological polar surface area (TPSA) is 88.9 Å². The van der Waals surface area contributed by atoms with Gasteiger partial charge in [0.1, 0.15) is 6.54 Å². The molecule has 1 aliphatic rings. The first-order valence-corrected chi connectivity index (χ1v) is 9.38. The molecule has 2 amide bonds. The number of hydrogen-bond acceptors (Lipinski definition) is 4. The highest BCUT2D eigenvalue weighted by Crippen LogP contribution is 2.14. The van der Waals surface area contributed by atoms with Gasteiger partial charge in [0, 0.05) is 23.7 Å². The first-order chi connectivity index (χ1) is 14.4. The fourth-order valence-electron chi connectivity index (χ4n) is 3.47. The second kappa shape index (κ2) is 9.45. The maximum atomic E-state index is 13.2. The summed E-state index contributed by atoms with van der Waals surface area (Å²) in [5.74, 6) is -3.51. The van der Waals surface area contributed by atoms with Crippen molar-refractivity contribution in [3.63, 3.8) is 0 Å². The number of amides is 2. The molecule has 0 spiro atoms. The fraction of sp³-hybridized carbons (Fsp3) is 0.286. The SMILES string of the molecule is COC(=O)[C@@H]1Cc2ccccc2C[NH+]1CC(=O)NCC(=O)Nc1ccc(F)c(F)c1. The molecular weight excluding hydrogens is 396 g/mol. The number of benzene rings is 2. The third kappa shape index (κ3) is 5.18. The van der Waals surface area contributed by atoms with Crippen LogP contribution in [0.2, 0.25) is 0 Å². The number of rotatable bonds is 6. The summed E-state index contributed by atoms with van der Waals surface area (Å²) in [6.45, 7) is 0.113. The Bertz CT molecular complexity index is 967. The number of anilines is 1. The maximum absolute atomic E-state index is 13.2. The standard InChI is InChI=1S/C21H21F2N3O4/c1-30-21(29)18-8-13-4-2-3-5-14(13)11-26(18)12-20(28)24-10-19(27)25-15-6-7-16(22)17(23)9-15/h2-7,9,18H,8,10-12H2,1H3,(H,24,28)(H,25,27)/p+1/t18-/m0/s1. The van der Waals surface area contributed by atoms with E-state index in [2.05, 4.69) is 10.6 Å². The highest BCUT2D eigenvalue weighted by Gasteiger charge is 2.37. The third-order valence-electron chi connectivity index (χ3n) is 4.98.